The van der Waals surface area contributed by atoms with E-state index in [0.717, 1.165) is 12.0 Å². The van der Waals surface area contributed by atoms with E-state index in [4.69, 9.17) is 4.74 Å². The fourth-order valence-electron chi connectivity index (χ4n) is 2.60. The molecule has 1 aliphatic carbocycles. The first-order chi connectivity index (χ1) is 7.74. The molecule has 1 aromatic heterocycles. The Balaban J connectivity index is 0.00000108. The number of pyridine rings is 1. The smallest absolute Gasteiger partial charge is 0.213 e. The zero-order valence-electron chi connectivity index (χ0n) is 9.67. The van der Waals surface area contributed by atoms with Crippen LogP contribution in [0.15, 0.2) is 18.3 Å². The number of fused-ring (bicyclic) bond motifs is 1. The average molecular weight is 259 g/mol. The van der Waals surface area contributed by atoms with Gasteiger partial charge in [0.25, 0.3) is 0 Å². The third kappa shape index (κ3) is 2.53. The van der Waals surface area contributed by atoms with Crippen molar-refractivity contribution in [1.82, 2.24) is 9.88 Å². The minimum Gasteiger partial charge on any atom is -0.490 e. The summed E-state index contributed by atoms with van der Waals surface area (Å²) in [7, 11) is 2.16. The molecule has 0 spiro atoms. The third-order valence-electron chi connectivity index (χ3n) is 3.70. The minimum absolute atomic E-state index is 0. The summed E-state index contributed by atoms with van der Waals surface area (Å²) in [6.07, 6.45) is 4.02. The first kappa shape index (κ1) is 12.6. The van der Waals surface area contributed by atoms with Crippen LogP contribution in [0.3, 0.4) is 0 Å². The molecule has 1 aliphatic heterocycles. The third-order valence-corrected chi connectivity index (χ3v) is 3.70. The van der Waals surface area contributed by atoms with E-state index in [2.05, 4.69) is 16.9 Å². The summed E-state index contributed by atoms with van der Waals surface area (Å²) < 4.78 is 18.2. The highest BCUT2D eigenvalue weighted by Gasteiger charge is 2.50. The van der Waals surface area contributed by atoms with E-state index in [1.807, 2.05) is 0 Å². The van der Waals surface area contributed by atoms with Crippen molar-refractivity contribution < 1.29 is 9.13 Å². The van der Waals surface area contributed by atoms with Crippen LogP contribution in [0.25, 0.3) is 0 Å². The van der Waals surface area contributed by atoms with Gasteiger partial charge in [-0.1, -0.05) is 0 Å². The molecule has 0 N–H and O–H groups in total. The van der Waals surface area contributed by atoms with Crippen molar-refractivity contribution in [2.45, 2.75) is 24.9 Å². The van der Waals surface area contributed by atoms with Crippen molar-refractivity contribution in [3.8, 4) is 5.75 Å². The molecule has 1 saturated carbocycles. The Morgan fingerprint density at radius 1 is 1.47 bits per heavy atom. The predicted octanol–water partition coefficient (Wildman–Crippen LogP) is 2.11. The number of piperidine rings is 1. The zero-order valence-corrected chi connectivity index (χ0v) is 10.5. The molecule has 2 heterocycles. The van der Waals surface area contributed by atoms with Crippen molar-refractivity contribution in [2.75, 3.05) is 13.7 Å². The van der Waals surface area contributed by atoms with Crippen LogP contribution in [-0.4, -0.2) is 35.6 Å². The molecule has 0 aromatic carbocycles. The van der Waals surface area contributed by atoms with Crippen LogP contribution in [-0.2, 0) is 0 Å². The van der Waals surface area contributed by atoms with Gasteiger partial charge in [-0.3, -0.25) is 4.90 Å². The first-order valence-corrected chi connectivity index (χ1v) is 5.70. The average Bonchev–Trinajstić information content (AvgIpc) is 2.99. The van der Waals surface area contributed by atoms with Crippen LogP contribution in [0, 0.1) is 11.9 Å². The summed E-state index contributed by atoms with van der Waals surface area (Å²) in [5.74, 6) is 1.08. The maximum Gasteiger partial charge on any atom is 0.213 e. The second kappa shape index (κ2) is 4.78. The number of halogens is 2. The van der Waals surface area contributed by atoms with Crippen molar-refractivity contribution in [2.24, 2.45) is 5.92 Å². The highest BCUT2D eigenvalue weighted by molar-refractivity contribution is 5.85. The fraction of sp³-hybridized carbons (Fsp3) is 0.583. The number of ether oxygens (including phenoxy) is 1. The molecule has 1 saturated heterocycles. The molecule has 17 heavy (non-hydrogen) atoms. The highest BCUT2D eigenvalue weighted by atomic mass is 35.5. The van der Waals surface area contributed by atoms with Gasteiger partial charge in [0.15, 0.2) is 0 Å². The van der Waals surface area contributed by atoms with Gasteiger partial charge >= 0.3 is 0 Å². The summed E-state index contributed by atoms with van der Waals surface area (Å²) in [6, 6.07) is 4.25. The normalized spacial score (nSPS) is 30.6. The molecular formula is C12H16ClFN2O. The lowest BCUT2D eigenvalue weighted by atomic mass is 10.2. The van der Waals surface area contributed by atoms with E-state index in [1.54, 1.807) is 6.07 Å². The second-order valence-electron chi connectivity index (χ2n) is 4.75. The molecule has 0 unspecified atom stereocenters. The van der Waals surface area contributed by atoms with Gasteiger partial charge in [0, 0.05) is 12.1 Å². The largest absolute Gasteiger partial charge is 0.490 e. The predicted molar refractivity (Wildman–Crippen MR) is 65.0 cm³/mol. The molecule has 3 nitrogen and oxygen atoms in total. The molecule has 0 bridgehead atoms. The first-order valence-electron chi connectivity index (χ1n) is 5.70. The Kier molecular flexibility index (Phi) is 3.54. The Morgan fingerprint density at radius 3 is 2.88 bits per heavy atom. The summed E-state index contributed by atoms with van der Waals surface area (Å²) in [4.78, 5) is 5.97. The molecule has 2 fully saturated rings. The van der Waals surface area contributed by atoms with Crippen molar-refractivity contribution in [1.29, 1.82) is 0 Å². The number of hydrogen-bond acceptors (Lipinski definition) is 3. The van der Waals surface area contributed by atoms with Gasteiger partial charge in [0.2, 0.25) is 5.95 Å². The monoisotopic (exact) mass is 258 g/mol. The maximum atomic E-state index is 12.6. The van der Waals surface area contributed by atoms with Gasteiger partial charge < -0.3 is 4.74 Å². The lowest BCUT2D eigenvalue weighted by Gasteiger charge is -2.22. The van der Waals surface area contributed by atoms with Gasteiger partial charge in [0.05, 0.1) is 6.20 Å². The van der Waals surface area contributed by atoms with Crippen molar-refractivity contribution in [3.05, 3.63) is 24.3 Å². The summed E-state index contributed by atoms with van der Waals surface area (Å²) >= 11 is 0. The summed E-state index contributed by atoms with van der Waals surface area (Å²) in [5.41, 5.74) is 0. The number of rotatable bonds is 3. The number of hydrogen-bond donors (Lipinski definition) is 0. The van der Waals surface area contributed by atoms with E-state index < -0.39 is 5.95 Å². The molecule has 3 rings (SSSR count). The molecule has 5 heteroatoms. The van der Waals surface area contributed by atoms with Gasteiger partial charge in [-0.2, -0.15) is 4.39 Å². The summed E-state index contributed by atoms with van der Waals surface area (Å²) in [6.45, 7) is 0.677. The van der Waals surface area contributed by atoms with Gasteiger partial charge in [-0.25, -0.2) is 4.98 Å². The van der Waals surface area contributed by atoms with Crippen LogP contribution in [0.1, 0.15) is 12.8 Å². The van der Waals surface area contributed by atoms with E-state index >= 15 is 0 Å². The molecule has 0 radical (unpaired) electrons. The second-order valence-corrected chi connectivity index (χ2v) is 4.75. The Hall–Kier alpha value is -0.870. The van der Waals surface area contributed by atoms with Crippen LogP contribution in [0.5, 0.6) is 5.75 Å². The van der Waals surface area contributed by atoms with Crippen LogP contribution in [0.4, 0.5) is 4.39 Å². The number of likely N-dealkylation sites (N-methyl/N-ethyl adjacent to an activating group) is 1. The van der Waals surface area contributed by atoms with E-state index in [0.29, 0.717) is 18.4 Å². The lowest BCUT2D eigenvalue weighted by Crippen LogP contribution is -2.33. The number of likely N-dealkylation sites (tertiary alicyclic amines) is 1. The molecule has 0 amide bonds. The van der Waals surface area contributed by atoms with Crippen molar-refractivity contribution >= 4 is 12.4 Å². The van der Waals surface area contributed by atoms with Crippen molar-refractivity contribution in [3.63, 3.8) is 0 Å². The van der Waals surface area contributed by atoms with Gasteiger partial charge in [-0.15, -0.1) is 12.4 Å². The minimum atomic E-state index is -0.466. The number of nitrogens with zero attached hydrogens (tertiary/aromatic N) is 2. The molecule has 3 atom stereocenters. The standard InChI is InChI=1S/C12H15FN2O.ClH/c1-15-9(4-8-5-11(8)15)7-16-10-2-3-12(13)14-6-10;/h2-3,6,8-9,11H,4-5,7H2,1H3;1H/t8-,9-,11+;/m0./s1. The van der Waals surface area contributed by atoms with Crippen LogP contribution < -0.4 is 4.74 Å². The van der Waals surface area contributed by atoms with Crippen LogP contribution >= 0.6 is 12.4 Å². The zero-order chi connectivity index (χ0) is 11.1. The lowest BCUT2D eigenvalue weighted by molar-refractivity contribution is 0.176. The quantitative estimate of drug-likeness (QED) is 0.777. The Labute approximate surface area is 106 Å². The Morgan fingerprint density at radius 2 is 2.29 bits per heavy atom. The molecule has 1 aromatic rings. The molecule has 94 valence electrons. The fourth-order valence-corrected chi connectivity index (χ4v) is 2.60. The topological polar surface area (TPSA) is 25.4 Å². The maximum absolute atomic E-state index is 12.6. The highest BCUT2D eigenvalue weighted by Crippen LogP contribution is 2.46. The van der Waals surface area contributed by atoms with E-state index in [1.165, 1.54) is 25.1 Å². The van der Waals surface area contributed by atoms with Crippen LogP contribution in [0.2, 0.25) is 0 Å². The van der Waals surface area contributed by atoms with Gasteiger partial charge in [-0.05, 0) is 37.9 Å². The Bertz CT molecular complexity index is 387. The summed E-state index contributed by atoms with van der Waals surface area (Å²) in [5, 5.41) is 0. The van der Waals surface area contributed by atoms with E-state index in [9.17, 15) is 4.39 Å². The SMILES string of the molecule is CN1[C@H](COc2ccc(F)nc2)C[C@H]2C[C@H]21.Cl. The number of aromatic nitrogens is 1. The molecule has 2 aliphatic rings. The van der Waals surface area contributed by atoms with Gasteiger partial charge in [0.1, 0.15) is 12.4 Å². The van der Waals surface area contributed by atoms with E-state index in [-0.39, 0.29) is 12.4 Å². The molecular weight excluding hydrogens is 243 g/mol.